The average Bonchev–Trinajstić information content (AvgIpc) is 2.31. The molecule has 0 saturated heterocycles. The van der Waals surface area contributed by atoms with Gasteiger partial charge < -0.3 is 0 Å². The molecule has 0 aliphatic heterocycles. The zero-order chi connectivity index (χ0) is 10.5. The van der Waals surface area contributed by atoms with Crippen molar-refractivity contribution < 1.29 is 0 Å². The van der Waals surface area contributed by atoms with Gasteiger partial charge in [-0.05, 0) is 24.6 Å². The topological polar surface area (TPSA) is 0 Å². The predicted octanol–water partition coefficient (Wildman–Crippen LogP) is 4.54. The zero-order valence-corrected chi connectivity index (χ0v) is 9.58. The van der Waals surface area contributed by atoms with Crippen LogP contribution in [0.4, 0.5) is 0 Å². The van der Waals surface area contributed by atoms with Gasteiger partial charge in [0, 0.05) is 10.1 Å². The standard InChI is InChI=1S/C14H14S/c1-12(13-8-4-2-5-9-13)15-14-10-6-3-7-11-14/h2-12H,1H3/t12-/m0/s1. The van der Waals surface area contributed by atoms with E-state index in [1.165, 1.54) is 10.5 Å². The molecule has 0 spiro atoms. The van der Waals surface area contributed by atoms with E-state index >= 15 is 0 Å². The van der Waals surface area contributed by atoms with Crippen molar-refractivity contribution in [1.82, 2.24) is 0 Å². The molecular weight excluding hydrogens is 200 g/mol. The Labute approximate surface area is 95.3 Å². The molecule has 0 aromatic heterocycles. The minimum absolute atomic E-state index is 0.508. The van der Waals surface area contributed by atoms with Gasteiger partial charge in [0.1, 0.15) is 0 Å². The van der Waals surface area contributed by atoms with Crippen molar-refractivity contribution in [1.29, 1.82) is 0 Å². The molecule has 0 nitrogen and oxygen atoms in total. The van der Waals surface area contributed by atoms with Crippen molar-refractivity contribution in [2.75, 3.05) is 0 Å². The van der Waals surface area contributed by atoms with Crippen LogP contribution in [-0.2, 0) is 0 Å². The highest BCUT2D eigenvalue weighted by Crippen LogP contribution is 2.34. The molecule has 2 rings (SSSR count). The SMILES string of the molecule is C[C@H](Sc1ccccc1)c1ccccc1. The summed E-state index contributed by atoms with van der Waals surface area (Å²) < 4.78 is 0. The summed E-state index contributed by atoms with van der Waals surface area (Å²) in [5, 5.41) is 0.508. The lowest BCUT2D eigenvalue weighted by molar-refractivity contribution is 1.10. The molecule has 0 aliphatic rings. The van der Waals surface area contributed by atoms with E-state index in [4.69, 9.17) is 0 Å². The van der Waals surface area contributed by atoms with Gasteiger partial charge in [0.15, 0.2) is 0 Å². The maximum atomic E-state index is 2.24. The van der Waals surface area contributed by atoms with E-state index in [9.17, 15) is 0 Å². The van der Waals surface area contributed by atoms with Crippen molar-refractivity contribution >= 4 is 11.8 Å². The van der Waals surface area contributed by atoms with Crippen LogP contribution in [0.5, 0.6) is 0 Å². The lowest BCUT2D eigenvalue weighted by Gasteiger charge is -2.10. The Kier molecular flexibility index (Phi) is 3.46. The van der Waals surface area contributed by atoms with E-state index in [2.05, 4.69) is 67.6 Å². The van der Waals surface area contributed by atoms with Crippen molar-refractivity contribution in [3.63, 3.8) is 0 Å². The van der Waals surface area contributed by atoms with Crippen molar-refractivity contribution in [3.05, 3.63) is 66.2 Å². The molecule has 0 bridgehead atoms. The minimum Gasteiger partial charge on any atom is -0.118 e. The Balaban J connectivity index is 2.08. The van der Waals surface area contributed by atoms with Crippen LogP contribution < -0.4 is 0 Å². The van der Waals surface area contributed by atoms with E-state index in [0.717, 1.165) is 0 Å². The molecule has 0 aliphatic carbocycles. The van der Waals surface area contributed by atoms with Crippen molar-refractivity contribution in [2.24, 2.45) is 0 Å². The normalized spacial score (nSPS) is 12.3. The third-order valence-corrected chi connectivity index (χ3v) is 3.50. The third-order valence-electron chi connectivity index (χ3n) is 2.33. The van der Waals surface area contributed by atoms with E-state index in [-0.39, 0.29) is 0 Å². The van der Waals surface area contributed by atoms with Crippen LogP contribution in [0, 0.1) is 0 Å². The quantitative estimate of drug-likeness (QED) is 0.676. The lowest BCUT2D eigenvalue weighted by atomic mass is 10.2. The van der Waals surface area contributed by atoms with Crippen LogP contribution in [-0.4, -0.2) is 0 Å². The molecule has 2 aromatic carbocycles. The fraction of sp³-hybridized carbons (Fsp3) is 0.143. The second-order valence-electron chi connectivity index (χ2n) is 3.48. The molecule has 0 fully saturated rings. The summed E-state index contributed by atoms with van der Waals surface area (Å²) in [6.07, 6.45) is 0. The molecule has 0 saturated carbocycles. The maximum absolute atomic E-state index is 2.24. The van der Waals surface area contributed by atoms with Crippen LogP contribution in [0.3, 0.4) is 0 Å². The fourth-order valence-electron chi connectivity index (χ4n) is 1.50. The summed E-state index contributed by atoms with van der Waals surface area (Å²) in [5.74, 6) is 0. The van der Waals surface area contributed by atoms with E-state index in [1.807, 2.05) is 11.8 Å². The first-order chi connectivity index (χ1) is 7.36. The smallest absolute Gasteiger partial charge is 0.0316 e. The summed E-state index contributed by atoms with van der Waals surface area (Å²) in [6, 6.07) is 21.1. The summed E-state index contributed by atoms with van der Waals surface area (Å²) in [5.41, 5.74) is 1.38. The molecule has 15 heavy (non-hydrogen) atoms. The molecule has 0 amide bonds. The molecule has 2 aromatic rings. The largest absolute Gasteiger partial charge is 0.118 e. The number of rotatable bonds is 3. The highest BCUT2D eigenvalue weighted by Gasteiger charge is 2.05. The molecule has 1 atom stereocenters. The van der Waals surface area contributed by atoms with Gasteiger partial charge in [-0.2, -0.15) is 0 Å². The Morgan fingerprint density at radius 2 is 1.33 bits per heavy atom. The first-order valence-corrected chi connectivity index (χ1v) is 6.01. The minimum atomic E-state index is 0.508. The summed E-state index contributed by atoms with van der Waals surface area (Å²) in [4.78, 5) is 1.33. The molecule has 0 N–H and O–H groups in total. The van der Waals surface area contributed by atoms with Gasteiger partial charge in [0.05, 0.1) is 0 Å². The molecule has 0 radical (unpaired) electrons. The van der Waals surface area contributed by atoms with Crippen LogP contribution in [0.2, 0.25) is 0 Å². The number of benzene rings is 2. The van der Waals surface area contributed by atoms with Crippen molar-refractivity contribution in [2.45, 2.75) is 17.1 Å². The lowest BCUT2D eigenvalue weighted by Crippen LogP contribution is -1.86. The second-order valence-corrected chi connectivity index (χ2v) is 4.90. The number of hydrogen-bond acceptors (Lipinski definition) is 1. The van der Waals surface area contributed by atoms with E-state index in [1.54, 1.807) is 0 Å². The highest BCUT2D eigenvalue weighted by molar-refractivity contribution is 7.99. The van der Waals surface area contributed by atoms with Gasteiger partial charge in [-0.3, -0.25) is 0 Å². The number of hydrogen-bond donors (Lipinski definition) is 0. The van der Waals surface area contributed by atoms with E-state index in [0.29, 0.717) is 5.25 Å². The van der Waals surface area contributed by atoms with Crippen LogP contribution in [0.25, 0.3) is 0 Å². The Bertz CT molecular complexity index is 394. The van der Waals surface area contributed by atoms with Gasteiger partial charge >= 0.3 is 0 Å². The molecule has 0 heterocycles. The predicted molar refractivity (Wildman–Crippen MR) is 67.2 cm³/mol. The summed E-state index contributed by atoms with van der Waals surface area (Å²) in [7, 11) is 0. The first kappa shape index (κ1) is 10.3. The van der Waals surface area contributed by atoms with Crippen LogP contribution in [0.15, 0.2) is 65.6 Å². The molecule has 76 valence electrons. The Morgan fingerprint density at radius 3 is 1.93 bits per heavy atom. The Morgan fingerprint density at radius 1 is 0.800 bits per heavy atom. The average molecular weight is 214 g/mol. The van der Waals surface area contributed by atoms with Gasteiger partial charge in [-0.15, -0.1) is 11.8 Å². The van der Waals surface area contributed by atoms with Gasteiger partial charge in [-0.1, -0.05) is 48.5 Å². The van der Waals surface area contributed by atoms with Crippen LogP contribution >= 0.6 is 11.8 Å². The summed E-state index contributed by atoms with van der Waals surface area (Å²) in [6.45, 7) is 2.24. The second kappa shape index (κ2) is 5.04. The zero-order valence-electron chi connectivity index (χ0n) is 8.76. The molecule has 1 heteroatoms. The Hall–Kier alpha value is -1.21. The number of thioether (sulfide) groups is 1. The van der Waals surface area contributed by atoms with Gasteiger partial charge in [0.25, 0.3) is 0 Å². The summed E-state index contributed by atoms with van der Waals surface area (Å²) >= 11 is 1.90. The first-order valence-electron chi connectivity index (χ1n) is 5.13. The van der Waals surface area contributed by atoms with Crippen LogP contribution in [0.1, 0.15) is 17.7 Å². The molecular formula is C14H14S. The third kappa shape index (κ3) is 2.87. The monoisotopic (exact) mass is 214 g/mol. The highest BCUT2D eigenvalue weighted by atomic mass is 32.2. The molecule has 0 unspecified atom stereocenters. The van der Waals surface area contributed by atoms with Gasteiger partial charge in [-0.25, -0.2) is 0 Å². The fourth-order valence-corrected chi connectivity index (χ4v) is 2.51. The van der Waals surface area contributed by atoms with Gasteiger partial charge in [0.2, 0.25) is 0 Å². The van der Waals surface area contributed by atoms with E-state index < -0.39 is 0 Å². The van der Waals surface area contributed by atoms with Crippen molar-refractivity contribution in [3.8, 4) is 0 Å². The maximum Gasteiger partial charge on any atom is 0.0316 e.